The monoisotopic (exact) mass is 192 g/mol. The number of hydrogen-bond donors (Lipinski definition) is 2. The van der Waals surface area contributed by atoms with Crippen LogP contribution in [0.15, 0.2) is 48.7 Å². The molecule has 0 amide bonds. The maximum Gasteiger partial charge on any atom is 0.0352 e. The van der Waals surface area contributed by atoms with Crippen molar-refractivity contribution in [3.63, 3.8) is 0 Å². The predicted octanol–water partition coefficient (Wildman–Crippen LogP) is 2.11. The Morgan fingerprint density at radius 3 is 2.29 bits per heavy atom. The van der Waals surface area contributed by atoms with Crippen LogP contribution in [0.5, 0.6) is 0 Å². The fourth-order valence-electron chi connectivity index (χ4n) is 0.972. The fraction of sp³-hybridized carbons (Fsp3) is 0.333. The normalized spacial score (nSPS) is 13.9. The van der Waals surface area contributed by atoms with E-state index in [1.807, 2.05) is 26.0 Å². The molecule has 0 aromatic carbocycles. The minimum atomic E-state index is -0.0899. The molecule has 14 heavy (non-hydrogen) atoms. The summed E-state index contributed by atoms with van der Waals surface area (Å²) in [6, 6.07) is 0. The lowest BCUT2D eigenvalue weighted by Gasteiger charge is -2.18. The third-order valence-corrected chi connectivity index (χ3v) is 1.92. The zero-order chi connectivity index (χ0) is 11.2. The molecule has 0 aromatic rings. The summed E-state index contributed by atoms with van der Waals surface area (Å²) in [5.41, 5.74) is 13.0. The summed E-state index contributed by atoms with van der Waals surface area (Å²) in [5.74, 6) is 0. The number of rotatable bonds is 5. The maximum atomic E-state index is 5.89. The van der Waals surface area contributed by atoms with Crippen molar-refractivity contribution < 1.29 is 0 Å². The quantitative estimate of drug-likeness (QED) is 0.655. The van der Waals surface area contributed by atoms with Crippen molar-refractivity contribution in [3.8, 4) is 0 Å². The molecule has 0 aromatic heterocycles. The Balaban J connectivity index is 4.91. The van der Waals surface area contributed by atoms with Crippen LogP contribution < -0.4 is 11.5 Å². The average Bonchev–Trinajstić information content (AvgIpc) is 2.13. The molecule has 4 N–H and O–H groups in total. The van der Waals surface area contributed by atoms with E-state index in [0.29, 0.717) is 12.2 Å². The lowest BCUT2D eigenvalue weighted by atomic mass is 9.91. The van der Waals surface area contributed by atoms with Gasteiger partial charge in [0.25, 0.3) is 0 Å². The van der Waals surface area contributed by atoms with Gasteiger partial charge in [0.05, 0.1) is 0 Å². The second-order valence-electron chi connectivity index (χ2n) is 3.85. The zero-order valence-electron chi connectivity index (χ0n) is 9.09. The van der Waals surface area contributed by atoms with Crippen molar-refractivity contribution in [1.29, 1.82) is 0 Å². The van der Waals surface area contributed by atoms with Gasteiger partial charge in [0.1, 0.15) is 0 Å². The molecule has 0 fully saturated rings. The van der Waals surface area contributed by atoms with Crippen molar-refractivity contribution in [2.75, 3.05) is 6.54 Å². The van der Waals surface area contributed by atoms with E-state index in [1.54, 1.807) is 12.2 Å². The number of hydrogen-bond acceptors (Lipinski definition) is 2. The van der Waals surface area contributed by atoms with Gasteiger partial charge in [-0.25, -0.2) is 0 Å². The predicted molar refractivity (Wildman–Crippen MR) is 63.6 cm³/mol. The highest BCUT2D eigenvalue weighted by atomic mass is 14.6. The number of nitrogens with two attached hydrogens (primary N) is 2. The van der Waals surface area contributed by atoms with Crippen molar-refractivity contribution in [3.05, 3.63) is 48.7 Å². The molecule has 2 nitrogen and oxygen atoms in total. The largest absolute Gasteiger partial charge is 0.398 e. The lowest BCUT2D eigenvalue weighted by Crippen LogP contribution is -2.22. The minimum Gasteiger partial charge on any atom is -0.398 e. The summed E-state index contributed by atoms with van der Waals surface area (Å²) in [5, 5.41) is 0. The Hall–Kier alpha value is -1.28. The topological polar surface area (TPSA) is 52.0 Å². The summed E-state index contributed by atoms with van der Waals surface area (Å²) >= 11 is 0. The Kier molecular flexibility index (Phi) is 4.95. The van der Waals surface area contributed by atoms with Crippen molar-refractivity contribution in [2.24, 2.45) is 16.9 Å². The fourth-order valence-corrected chi connectivity index (χ4v) is 0.972. The van der Waals surface area contributed by atoms with Gasteiger partial charge in [0.15, 0.2) is 0 Å². The molecule has 0 aliphatic rings. The number of allylic oxidation sites excluding steroid dienone is 3. The Labute approximate surface area is 86.7 Å². The summed E-state index contributed by atoms with van der Waals surface area (Å²) in [6.45, 7) is 11.9. The highest BCUT2D eigenvalue weighted by molar-refractivity contribution is 5.39. The van der Waals surface area contributed by atoms with Crippen LogP contribution in [0.25, 0.3) is 0 Å². The van der Waals surface area contributed by atoms with Gasteiger partial charge in [0.2, 0.25) is 0 Å². The van der Waals surface area contributed by atoms with Gasteiger partial charge in [0, 0.05) is 12.2 Å². The third kappa shape index (κ3) is 4.10. The SMILES string of the molecule is C=C/C=C(C=C)/C(N)=C/C(C)(C)CN. The van der Waals surface area contributed by atoms with E-state index < -0.39 is 0 Å². The van der Waals surface area contributed by atoms with Crippen LogP contribution in [-0.4, -0.2) is 6.54 Å². The maximum absolute atomic E-state index is 5.89. The van der Waals surface area contributed by atoms with Gasteiger partial charge in [-0.05, 0) is 11.0 Å². The summed E-state index contributed by atoms with van der Waals surface area (Å²) in [6.07, 6.45) is 7.17. The van der Waals surface area contributed by atoms with Crippen LogP contribution in [0, 0.1) is 5.41 Å². The molecule has 0 unspecified atom stereocenters. The van der Waals surface area contributed by atoms with Gasteiger partial charge < -0.3 is 11.5 Å². The third-order valence-electron chi connectivity index (χ3n) is 1.92. The molecule has 0 rings (SSSR count). The van der Waals surface area contributed by atoms with E-state index in [9.17, 15) is 0 Å². The van der Waals surface area contributed by atoms with Crippen LogP contribution in [-0.2, 0) is 0 Å². The van der Waals surface area contributed by atoms with Crippen LogP contribution >= 0.6 is 0 Å². The summed E-state index contributed by atoms with van der Waals surface area (Å²) in [7, 11) is 0. The van der Waals surface area contributed by atoms with Crippen LogP contribution in [0.1, 0.15) is 13.8 Å². The Morgan fingerprint density at radius 1 is 1.36 bits per heavy atom. The van der Waals surface area contributed by atoms with E-state index in [4.69, 9.17) is 11.5 Å². The van der Waals surface area contributed by atoms with E-state index in [0.717, 1.165) is 5.57 Å². The summed E-state index contributed by atoms with van der Waals surface area (Å²) < 4.78 is 0. The van der Waals surface area contributed by atoms with Gasteiger partial charge >= 0.3 is 0 Å². The Morgan fingerprint density at radius 2 is 1.93 bits per heavy atom. The van der Waals surface area contributed by atoms with Crippen molar-refractivity contribution in [2.45, 2.75) is 13.8 Å². The van der Waals surface area contributed by atoms with E-state index in [2.05, 4.69) is 13.2 Å². The first-order valence-electron chi connectivity index (χ1n) is 4.61. The van der Waals surface area contributed by atoms with Gasteiger partial charge in [-0.2, -0.15) is 0 Å². The Bertz CT molecular complexity index is 270. The standard InChI is InChI=1S/C12H20N2/c1-5-7-10(6-2)11(14)8-12(3,4)9-13/h5-8H,1-2,9,13-14H2,3-4H3/b10-7+,11-8-. The molecule has 0 aliphatic heterocycles. The van der Waals surface area contributed by atoms with Crippen molar-refractivity contribution in [1.82, 2.24) is 0 Å². The molecule has 2 heteroatoms. The smallest absolute Gasteiger partial charge is 0.0352 e. The molecule has 78 valence electrons. The summed E-state index contributed by atoms with van der Waals surface area (Å²) in [4.78, 5) is 0. The highest BCUT2D eigenvalue weighted by Crippen LogP contribution is 2.18. The van der Waals surface area contributed by atoms with E-state index >= 15 is 0 Å². The minimum absolute atomic E-state index is 0.0899. The van der Waals surface area contributed by atoms with Gasteiger partial charge in [-0.3, -0.25) is 0 Å². The van der Waals surface area contributed by atoms with E-state index in [-0.39, 0.29) is 5.41 Å². The first-order valence-corrected chi connectivity index (χ1v) is 4.61. The molecule has 0 heterocycles. The van der Waals surface area contributed by atoms with Crippen LogP contribution in [0.4, 0.5) is 0 Å². The molecule has 0 aliphatic carbocycles. The lowest BCUT2D eigenvalue weighted by molar-refractivity contribution is 0.492. The second-order valence-corrected chi connectivity index (χ2v) is 3.85. The zero-order valence-corrected chi connectivity index (χ0v) is 9.09. The molecular formula is C12H20N2. The first-order chi connectivity index (χ1) is 6.46. The molecule has 0 spiro atoms. The molecule has 0 saturated carbocycles. The first kappa shape index (κ1) is 12.7. The molecule has 0 radical (unpaired) electrons. The van der Waals surface area contributed by atoms with Crippen molar-refractivity contribution >= 4 is 0 Å². The molecular weight excluding hydrogens is 172 g/mol. The van der Waals surface area contributed by atoms with Gasteiger partial charge in [-0.1, -0.05) is 51.3 Å². The average molecular weight is 192 g/mol. The van der Waals surface area contributed by atoms with Gasteiger partial charge in [-0.15, -0.1) is 0 Å². The molecule has 0 bridgehead atoms. The molecule has 0 saturated heterocycles. The van der Waals surface area contributed by atoms with E-state index in [1.165, 1.54) is 0 Å². The highest BCUT2D eigenvalue weighted by Gasteiger charge is 2.12. The van der Waals surface area contributed by atoms with Crippen LogP contribution in [0.3, 0.4) is 0 Å². The molecule has 0 atom stereocenters. The van der Waals surface area contributed by atoms with Crippen LogP contribution in [0.2, 0.25) is 0 Å². The second kappa shape index (κ2) is 5.45.